The van der Waals surface area contributed by atoms with Gasteiger partial charge in [-0.1, -0.05) is 11.8 Å². The highest BCUT2D eigenvalue weighted by molar-refractivity contribution is 7.19. The minimum absolute atomic E-state index is 0.0935. The van der Waals surface area contributed by atoms with Crippen molar-refractivity contribution < 1.29 is 9.84 Å². The summed E-state index contributed by atoms with van der Waals surface area (Å²) in [6, 6.07) is 10.9. The molecule has 2 aliphatic rings. The summed E-state index contributed by atoms with van der Waals surface area (Å²) in [5.41, 5.74) is 1.34. The molecule has 2 saturated heterocycles. The third kappa shape index (κ3) is 4.18. The Morgan fingerprint density at radius 3 is 2.69 bits per heavy atom. The summed E-state index contributed by atoms with van der Waals surface area (Å²) in [6.45, 7) is 0.135. The highest BCUT2D eigenvalue weighted by atomic mass is 32.1. The van der Waals surface area contributed by atoms with Gasteiger partial charge < -0.3 is 14.7 Å². The van der Waals surface area contributed by atoms with Crippen molar-refractivity contribution in [3.63, 3.8) is 0 Å². The van der Waals surface area contributed by atoms with E-state index in [1.54, 1.807) is 10.9 Å². The predicted molar refractivity (Wildman–Crippen MR) is 127 cm³/mol. The molecule has 0 aliphatic carbocycles. The molecule has 32 heavy (non-hydrogen) atoms. The van der Waals surface area contributed by atoms with Gasteiger partial charge in [-0.2, -0.15) is 0 Å². The molecule has 0 saturated carbocycles. The first kappa shape index (κ1) is 21.2. The number of aliphatic hydroxyl groups excluding tert-OH is 1. The van der Waals surface area contributed by atoms with E-state index in [1.165, 1.54) is 24.2 Å². The van der Waals surface area contributed by atoms with Gasteiger partial charge in [-0.15, -0.1) is 11.3 Å². The number of nitrogens with zero attached hydrogens (tertiary/aromatic N) is 3. The van der Waals surface area contributed by atoms with Crippen molar-refractivity contribution in [2.45, 2.75) is 56.7 Å². The lowest BCUT2D eigenvalue weighted by Crippen LogP contribution is -2.43. The van der Waals surface area contributed by atoms with Crippen molar-refractivity contribution in [1.82, 2.24) is 14.5 Å². The number of piperidine rings is 1. The molecule has 4 heterocycles. The van der Waals surface area contributed by atoms with Gasteiger partial charge in [0.25, 0.3) is 5.56 Å². The monoisotopic (exact) mass is 449 g/mol. The van der Waals surface area contributed by atoms with Crippen LogP contribution in [-0.2, 0) is 0 Å². The van der Waals surface area contributed by atoms with Crippen molar-refractivity contribution in [2.75, 3.05) is 13.7 Å². The molecule has 166 valence electrons. The third-order valence-corrected chi connectivity index (χ3v) is 7.61. The van der Waals surface area contributed by atoms with E-state index < -0.39 is 0 Å². The minimum Gasteiger partial charge on any atom is -0.490 e. The maximum atomic E-state index is 13.0. The molecule has 2 aliphatic heterocycles. The summed E-state index contributed by atoms with van der Waals surface area (Å²) in [6.07, 6.45) is 7.84. The fourth-order valence-corrected chi connectivity index (χ4v) is 5.73. The molecular weight excluding hydrogens is 422 g/mol. The maximum Gasteiger partial charge on any atom is 0.275 e. The van der Waals surface area contributed by atoms with E-state index >= 15 is 0 Å². The number of thiophene rings is 1. The maximum absolute atomic E-state index is 13.0. The third-order valence-electron chi connectivity index (χ3n) is 6.58. The zero-order valence-corrected chi connectivity index (χ0v) is 19.0. The van der Waals surface area contributed by atoms with Gasteiger partial charge in [0.05, 0.1) is 16.1 Å². The van der Waals surface area contributed by atoms with E-state index in [9.17, 15) is 4.79 Å². The number of hydrogen-bond donors (Lipinski definition) is 1. The second kappa shape index (κ2) is 9.07. The molecule has 7 heteroatoms. The van der Waals surface area contributed by atoms with Crippen LogP contribution < -0.4 is 10.3 Å². The topological polar surface area (TPSA) is 67.6 Å². The van der Waals surface area contributed by atoms with Crippen LogP contribution in [0.4, 0.5) is 0 Å². The Hall–Kier alpha value is -2.66. The fraction of sp³-hybridized carbons (Fsp3) is 0.440. The Morgan fingerprint density at radius 2 is 1.97 bits per heavy atom. The number of fused-ring (bicyclic) bond motifs is 3. The zero-order chi connectivity index (χ0) is 22.1. The van der Waals surface area contributed by atoms with Crippen LogP contribution in [0.3, 0.4) is 0 Å². The Morgan fingerprint density at radius 1 is 1.22 bits per heavy atom. The van der Waals surface area contributed by atoms with Crippen molar-refractivity contribution in [3.8, 4) is 23.3 Å². The van der Waals surface area contributed by atoms with Gasteiger partial charge in [-0.3, -0.25) is 9.36 Å². The Balaban J connectivity index is 1.32. The SMILES string of the molecule is CN1[C@@H]2CC[C@H]1C[C@@H](Oc1ccc(-n3cnc4cc(C#CCCCO)sc4c3=O)cc1)C2. The molecule has 2 aromatic heterocycles. The van der Waals surface area contributed by atoms with E-state index in [0.717, 1.165) is 29.2 Å². The number of aliphatic hydroxyl groups is 1. The van der Waals surface area contributed by atoms with Gasteiger partial charge in [0.1, 0.15) is 22.9 Å². The number of ether oxygens (including phenoxy) is 1. The number of benzene rings is 1. The Labute approximate surface area is 191 Å². The predicted octanol–water partition coefficient (Wildman–Crippen LogP) is 3.58. The van der Waals surface area contributed by atoms with Crippen LogP contribution in [0, 0.1) is 11.8 Å². The zero-order valence-electron chi connectivity index (χ0n) is 18.2. The second-order valence-corrected chi connectivity index (χ2v) is 9.68. The van der Waals surface area contributed by atoms with E-state index in [-0.39, 0.29) is 18.3 Å². The summed E-state index contributed by atoms with van der Waals surface area (Å²) in [4.78, 5) is 20.8. The van der Waals surface area contributed by atoms with Crippen LogP contribution in [0.2, 0.25) is 0 Å². The lowest BCUT2D eigenvalue weighted by atomic mass is 10.0. The normalized spacial score (nSPS) is 22.6. The molecule has 1 N–H and O–H groups in total. The van der Waals surface area contributed by atoms with Crippen molar-refractivity contribution >= 4 is 21.6 Å². The lowest BCUT2D eigenvalue weighted by molar-refractivity contribution is 0.0662. The van der Waals surface area contributed by atoms with Crippen molar-refractivity contribution in [3.05, 3.63) is 51.9 Å². The van der Waals surface area contributed by atoms with Crippen molar-refractivity contribution in [2.24, 2.45) is 0 Å². The van der Waals surface area contributed by atoms with E-state index in [0.29, 0.717) is 35.1 Å². The van der Waals surface area contributed by atoms with E-state index in [4.69, 9.17) is 9.84 Å². The van der Waals surface area contributed by atoms with Gasteiger partial charge in [0.2, 0.25) is 0 Å². The molecule has 2 bridgehead atoms. The first-order chi connectivity index (χ1) is 15.6. The highest BCUT2D eigenvalue weighted by Crippen LogP contribution is 2.36. The second-order valence-electron chi connectivity index (χ2n) is 8.63. The smallest absolute Gasteiger partial charge is 0.275 e. The molecule has 2 fully saturated rings. The molecule has 3 aromatic rings. The van der Waals surface area contributed by atoms with Crippen LogP contribution in [0.15, 0.2) is 41.5 Å². The number of rotatable bonds is 5. The summed E-state index contributed by atoms with van der Waals surface area (Å²) >= 11 is 1.36. The molecule has 0 radical (unpaired) electrons. The summed E-state index contributed by atoms with van der Waals surface area (Å²) in [5.74, 6) is 6.94. The standard InChI is InChI=1S/C25H27N3O3S/c1-27-18-6-7-19(27)14-21(13-18)31-20-10-8-17(9-11-20)28-16-26-23-15-22(5-3-2-4-12-29)32-24(23)25(28)30/h8-11,15-16,18-19,21,29H,2,4,6-7,12-14H2,1H3/t18-,19+,21+. The molecule has 5 rings (SSSR count). The van der Waals surface area contributed by atoms with E-state index in [2.05, 4.69) is 28.8 Å². The highest BCUT2D eigenvalue weighted by Gasteiger charge is 2.39. The average molecular weight is 450 g/mol. The van der Waals surface area contributed by atoms with Gasteiger partial charge in [-0.05, 0) is 69.5 Å². The molecular formula is C25H27N3O3S. The van der Waals surface area contributed by atoms with Gasteiger partial charge in [0.15, 0.2) is 0 Å². The first-order valence-corrected chi connectivity index (χ1v) is 12.0. The molecule has 0 unspecified atom stereocenters. The van der Waals surface area contributed by atoms with E-state index in [1.807, 2.05) is 30.3 Å². The summed E-state index contributed by atoms with van der Waals surface area (Å²) in [7, 11) is 2.23. The summed E-state index contributed by atoms with van der Waals surface area (Å²) in [5, 5.41) is 8.86. The molecule has 0 amide bonds. The van der Waals surface area contributed by atoms with Crippen LogP contribution >= 0.6 is 11.3 Å². The van der Waals surface area contributed by atoms with Crippen LogP contribution in [0.25, 0.3) is 15.9 Å². The van der Waals surface area contributed by atoms with Gasteiger partial charge >= 0.3 is 0 Å². The lowest BCUT2D eigenvalue weighted by Gasteiger charge is -2.36. The van der Waals surface area contributed by atoms with Gasteiger partial charge in [0, 0.05) is 25.1 Å². The number of unbranched alkanes of at least 4 members (excludes halogenated alkanes) is 1. The largest absolute Gasteiger partial charge is 0.490 e. The molecule has 3 atom stereocenters. The quantitative estimate of drug-likeness (QED) is 0.476. The summed E-state index contributed by atoms with van der Waals surface area (Å²) < 4.78 is 8.44. The molecule has 6 nitrogen and oxygen atoms in total. The van der Waals surface area contributed by atoms with Crippen LogP contribution in [0.1, 0.15) is 43.4 Å². The number of aromatic nitrogens is 2. The van der Waals surface area contributed by atoms with Crippen LogP contribution in [-0.4, -0.2) is 51.4 Å². The molecule has 0 spiro atoms. The average Bonchev–Trinajstić information content (AvgIpc) is 3.29. The Bertz CT molecular complexity index is 1210. The number of hydrogen-bond acceptors (Lipinski definition) is 6. The van der Waals surface area contributed by atoms with Crippen molar-refractivity contribution in [1.29, 1.82) is 0 Å². The fourth-order valence-electron chi connectivity index (χ4n) is 4.81. The first-order valence-electron chi connectivity index (χ1n) is 11.2. The Kier molecular flexibility index (Phi) is 6.01. The molecule has 1 aromatic carbocycles. The minimum atomic E-state index is -0.0935. The van der Waals surface area contributed by atoms with Gasteiger partial charge in [-0.25, -0.2) is 4.98 Å². The van der Waals surface area contributed by atoms with Crippen LogP contribution in [0.5, 0.6) is 5.75 Å².